The molecule has 0 radical (unpaired) electrons. The third-order valence-electron chi connectivity index (χ3n) is 1.87. The molecule has 0 aliphatic rings. The third kappa shape index (κ3) is 1.79. The normalized spacial score (nSPS) is 10.8. The average molecular weight is 342 g/mol. The highest BCUT2D eigenvalue weighted by molar-refractivity contribution is 14.1. The predicted octanol–water partition coefficient (Wildman–Crippen LogP) is 3.03. The summed E-state index contributed by atoms with van der Waals surface area (Å²) < 4.78 is 53.7. The molecule has 0 bridgehead atoms. The molecule has 0 unspecified atom stereocenters. The van der Waals surface area contributed by atoms with E-state index < -0.39 is 29.0 Å². The topological polar surface area (TPSA) is 17.8 Å². The van der Waals surface area contributed by atoms with Crippen LogP contribution in [0.3, 0.4) is 0 Å². The lowest BCUT2D eigenvalue weighted by atomic mass is 10.2. The largest absolute Gasteiger partial charge is 0.234 e. The molecule has 7 heteroatoms. The standard InChI is InChI=1S/C9H3F4IN2/c10-5-1-6(11)8(13)9(7(5)12)16-3-4(14)2-15-16/h1-3H. The van der Waals surface area contributed by atoms with Crippen LogP contribution in [-0.4, -0.2) is 9.78 Å². The average Bonchev–Trinajstić information content (AvgIpc) is 2.62. The fourth-order valence-corrected chi connectivity index (χ4v) is 1.57. The first kappa shape index (κ1) is 11.4. The van der Waals surface area contributed by atoms with Crippen molar-refractivity contribution in [3.05, 3.63) is 45.3 Å². The summed E-state index contributed by atoms with van der Waals surface area (Å²) in [5.41, 5.74) is -0.861. The number of hydrogen-bond donors (Lipinski definition) is 0. The summed E-state index contributed by atoms with van der Waals surface area (Å²) in [6.07, 6.45) is 2.56. The van der Waals surface area contributed by atoms with E-state index in [1.165, 1.54) is 12.4 Å². The number of aromatic nitrogens is 2. The molecule has 1 heterocycles. The van der Waals surface area contributed by atoms with Gasteiger partial charge in [0.1, 0.15) is 5.69 Å². The minimum Gasteiger partial charge on any atom is -0.234 e. The molecule has 0 saturated heterocycles. The molecule has 0 saturated carbocycles. The molecular formula is C9H3F4IN2. The van der Waals surface area contributed by atoms with E-state index in [0.717, 1.165) is 4.68 Å². The van der Waals surface area contributed by atoms with Crippen LogP contribution < -0.4 is 0 Å². The van der Waals surface area contributed by atoms with Crippen LogP contribution in [0.15, 0.2) is 18.5 Å². The number of benzene rings is 1. The maximum Gasteiger partial charge on any atom is 0.187 e. The Morgan fingerprint density at radius 1 is 1.06 bits per heavy atom. The van der Waals surface area contributed by atoms with E-state index in [-0.39, 0.29) is 6.07 Å². The lowest BCUT2D eigenvalue weighted by Gasteiger charge is -2.06. The second-order valence-corrected chi connectivity index (χ2v) is 4.17. The smallest absolute Gasteiger partial charge is 0.187 e. The molecule has 0 aliphatic heterocycles. The van der Waals surface area contributed by atoms with Crippen LogP contribution in [0.2, 0.25) is 0 Å². The van der Waals surface area contributed by atoms with Crippen LogP contribution in [0, 0.1) is 26.8 Å². The Morgan fingerprint density at radius 2 is 1.62 bits per heavy atom. The molecule has 1 aromatic heterocycles. The summed E-state index contributed by atoms with van der Waals surface area (Å²) in [7, 11) is 0. The Morgan fingerprint density at radius 3 is 2.06 bits per heavy atom. The van der Waals surface area contributed by atoms with Gasteiger partial charge >= 0.3 is 0 Å². The van der Waals surface area contributed by atoms with Crippen molar-refractivity contribution in [2.45, 2.75) is 0 Å². The molecule has 2 aromatic rings. The summed E-state index contributed by atoms with van der Waals surface area (Å²) in [6.45, 7) is 0. The number of hydrogen-bond acceptors (Lipinski definition) is 1. The molecule has 1 aromatic carbocycles. The van der Waals surface area contributed by atoms with Gasteiger partial charge in [0.05, 0.1) is 9.77 Å². The zero-order chi connectivity index (χ0) is 11.9. The summed E-state index contributed by atoms with van der Waals surface area (Å²) in [4.78, 5) is 0. The summed E-state index contributed by atoms with van der Waals surface area (Å²) in [5.74, 6) is -5.87. The maximum absolute atomic E-state index is 13.3. The summed E-state index contributed by atoms with van der Waals surface area (Å²) >= 11 is 1.85. The van der Waals surface area contributed by atoms with E-state index in [4.69, 9.17) is 0 Å². The third-order valence-corrected chi connectivity index (χ3v) is 2.43. The van der Waals surface area contributed by atoms with Gasteiger partial charge in [-0.25, -0.2) is 22.2 Å². The van der Waals surface area contributed by atoms with Gasteiger partial charge in [0, 0.05) is 12.3 Å². The Balaban J connectivity index is 2.73. The van der Waals surface area contributed by atoms with Gasteiger partial charge in [-0.2, -0.15) is 5.10 Å². The Hall–Kier alpha value is -1.12. The minimum atomic E-state index is -1.47. The molecule has 0 amide bonds. The van der Waals surface area contributed by atoms with Crippen molar-refractivity contribution < 1.29 is 17.6 Å². The van der Waals surface area contributed by atoms with Crippen molar-refractivity contribution in [2.75, 3.05) is 0 Å². The molecule has 0 spiro atoms. The Kier molecular flexibility index (Phi) is 2.87. The molecule has 0 atom stereocenters. The van der Waals surface area contributed by atoms with Crippen LogP contribution in [-0.2, 0) is 0 Å². The van der Waals surface area contributed by atoms with Gasteiger partial charge in [-0.15, -0.1) is 0 Å². The molecule has 0 fully saturated rings. The molecule has 2 rings (SSSR count). The van der Waals surface area contributed by atoms with Crippen LogP contribution >= 0.6 is 22.6 Å². The van der Waals surface area contributed by atoms with Gasteiger partial charge < -0.3 is 0 Å². The van der Waals surface area contributed by atoms with Gasteiger partial charge in [-0.05, 0) is 22.6 Å². The van der Waals surface area contributed by atoms with E-state index in [2.05, 4.69) is 5.10 Å². The fourth-order valence-electron chi connectivity index (χ4n) is 1.18. The van der Waals surface area contributed by atoms with E-state index >= 15 is 0 Å². The molecule has 2 nitrogen and oxygen atoms in total. The first-order valence-electron chi connectivity index (χ1n) is 4.04. The zero-order valence-electron chi connectivity index (χ0n) is 7.52. The van der Waals surface area contributed by atoms with E-state index in [1.807, 2.05) is 22.6 Å². The van der Waals surface area contributed by atoms with E-state index in [9.17, 15) is 17.6 Å². The molecular weight excluding hydrogens is 339 g/mol. The van der Waals surface area contributed by atoms with Crippen molar-refractivity contribution in [1.29, 1.82) is 0 Å². The molecule has 0 aliphatic carbocycles. The van der Waals surface area contributed by atoms with Crippen LogP contribution in [0.4, 0.5) is 17.6 Å². The second-order valence-electron chi connectivity index (χ2n) is 2.92. The monoisotopic (exact) mass is 342 g/mol. The summed E-state index contributed by atoms with van der Waals surface area (Å²) in [6, 6.07) is 0.155. The molecule has 84 valence electrons. The zero-order valence-corrected chi connectivity index (χ0v) is 9.67. The van der Waals surface area contributed by atoms with Crippen molar-refractivity contribution in [1.82, 2.24) is 9.78 Å². The molecule has 16 heavy (non-hydrogen) atoms. The maximum atomic E-state index is 13.3. The highest BCUT2D eigenvalue weighted by atomic mass is 127. The fraction of sp³-hybridized carbons (Fsp3) is 0. The Bertz CT molecular complexity index is 526. The van der Waals surface area contributed by atoms with Gasteiger partial charge in [-0.1, -0.05) is 0 Å². The minimum absolute atomic E-state index is 0.155. The van der Waals surface area contributed by atoms with Gasteiger partial charge in [0.15, 0.2) is 23.3 Å². The highest BCUT2D eigenvalue weighted by Gasteiger charge is 2.21. The van der Waals surface area contributed by atoms with Crippen LogP contribution in [0.25, 0.3) is 5.69 Å². The van der Waals surface area contributed by atoms with Crippen molar-refractivity contribution in [2.24, 2.45) is 0 Å². The van der Waals surface area contributed by atoms with Crippen molar-refractivity contribution >= 4 is 22.6 Å². The lowest BCUT2D eigenvalue weighted by Crippen LogP contribution is -2.06. The van der Waals surface area contributed by atoms with Gasteiger partial charge in [-0.3, -0.25) is 0 Å². The van der Waals surface area contributed by atoms with E-state index in [0.29, 0.717) is 3.57 Å². The second kappa shape index (κ2) is 4.04. The van der Waals surface area contributed by atoms with E-state index in [1.54, 1.807) is 0 Å². The molecule has 0 N–H and O–H groups in total. The van der Waals surface area contributed by atoms with Gasteiger partial charge in [0.25, 0.3) is 0 Å². The number of nitrogens with zero attached hydrogens (tertiary/aromatic N) is 2. The Labute approximate surface area is 101 Å². The summed E-state index contributed by atoms with van der Waals surface area (Å²) in [5, 5.41) is 3.59. The van der Waals surface area contributed by atoms with Crippen LogP contribution in [0.5, 0.6) is 0 Å². The quantitative estimate of drug-likeness (QED) is 0.443. The lowest BCUT2D eigenvalue weighted by molar-refractivity contribution is 0.444. The predicted molar refractivity (Wildman–Crippen MR) is 56.1 cm³/mol. The highest BCUT2D eigenvalue weighted by Crippen LogP contribution is 2.22. The van der Waals surface area contributed by atoms with Crippen molar-refractivity contribution in [3.63, 3.8) is 0 Å². The van der Waals surface area contributed by atoms with Gasteiger partial charge in [0.2, 0.25) is 0 Å². The number of halogens is 5. The number of rotatable bonds is 1. The van der Waals surface area contributed by atoms with Crippen LogP contribution in [0.1, 0.15) is 0 Å². The first-order valence-corrected chi connectivity index (χ1v) is 5.12. The van der Waals surface area contributed by atoms with Crippen molar-refractivity contribution in [3.8, 4) is 5.69 Å². The SMILES string of the molecule is Fc1cc(F)c(F)c(-n2cc(I)cn2)c1F. The first-order chi connectivity index (χ1) is 7.50.